The second-order valence-electron chi connectivity index (χ2n) is 5.72. The molecule has 3 aromatic rings. The van der Waals surface area contributed by atoms with Gasteiger partial charge < -0.3 is 11.1 Å². The summed E-state index contributed by atoms with van der Waals surface area (Å²) < 4.78 is 38.4. The van der Waals surface area contributed by atoms with E-state index >= 15 is 0 Å². The molecule has 142 valence electrons. The Balaban J connectivity index is 0.00000261. The number of nitrogens with one attached hydrogen (secondary N) is 1. The predicted molar refractivity (Wildman–Crippen MR) is 99.9 cm³/mol. The van der Waals surface area contributed by atoms with Gasteiger partial charge in [-0.2, -0.15) is 13.2 Å². The summed E-state index contributed by atoms with van der Waals surface area (Å²) in [6, 6.07) is 10.1. The Hall–Kier alpha value is -2.71. The lowest BCUT2D eigenvalue weighted by molar-refractivity contribution is -0.141. The Morgan fingerprint density at radius 1 is 1.04 bits per heavy atom. The molecule has 0 amide bonds. The van der Waals surface area contributed by atoms with E-state index in [1.807, 2.05) is 25.1 Å². The Morgan fingerprint density at radius 3 is 2.44 bits per heavy atom. The fourth-order valence-electron chi connectivity index (χ4n) is 2.44. The van der Waals surface area contributed by atoms with Crippen molar-refractivity contribution in [1.82, 2.24) is 15.0 Å². The normalized spacial score (nSPS) is 11.0. The molecule has 3 rings (SSSR count). The number of hydrogen-bond donors (Lipinski definition) is 2. The molecule has 1 aromatic carbocycles. The summed E-state index contributed by atoms with van der Waals surface area (Å²) in [5.41, 5.74) is 8.59. The fraction of sp³-hybridized carbons (Fsp3) is 0.167. The minimum absolute atomic E-state index is 0. The highest BCUT2D eigenvalue weighted by atomic mass is 35.5. The number of hydrogen-bond acceptors (Lipinski definition) is 5. The first-order valence-electron chi connectivity index (χ1n) is 7.79. The average Bonchev–Trinajstić information content (AvgIpc) is 2.61. The van der Waals surface area contributed by atoms with E-state index < -0.39 is 11.9 Å². The molecule has 9 heteroatoms. The molecule has 0 saturated heterocycles. The van der Waals surface area contributed by atoms with Crippen LogP contribution in [0.1, 0.15) is 17.0 Å². The zero-order valence-corrected chi connectivity index (χ0v) is 15.1. The van der Waals surface area contributed by atoms with Crippen LogP contribution in [0.4, 0.5) is 24.8 Å². The van der Waals surface area contributed by atoms with Crippen LogP contribution in [0.3, 0.4) is 0 Å². The van der Waals surface area contributed by atoms with Gasteiger partial charge in [0.05, 0.1) is 5.69 Å². The van der Waals surface area contributed by atoms with Gasteiger partial charge in [0.15, 0.2) is 0 Å². The van der Waals surface area contributed by atoms with E-state index in [1.165, 1.54) is 0 Å². The summed E-state index contributed by atoms with van der Waals surface area (Å²) in [5.74, 6) is -0.118. The minimum Gasteiger partial charge on any atom is -0.325 e. The monoisotopic (exact) mass is 395 g/mol. The second kappa shape index (κ2) is 8.32. The van der Waals surface area contributed by atoms with Crippen LogP contribution in [0.15, 0.2) is 48.8 Å². The van der Waals surface area contributed by atoms with Gasteiger partial charge >= 0.3 is 6.18 Å². The number of nitrogens with zero attached hydrogens (tertiary/aromatic N) is 3. The number of alkyl halides is 3. The molecule has 2 heterocycles. The number of aryl methyl sites for hydroxylation is 1. The Morgan fingerprint density at radius 2 is 1.81 bits per heavy atom. The molecule has 0 atom stereocenters. The minimum atomic E-state index is -4.52. The maximum Gasteiger partial charge on any atom is 0.433 e. The van der Waals surface area contributed by atoms with Crippen molar-refractivity contribution in [1.29, 1.82) is 0 Å². The van der Waals surface area contributed by atoms with Gasteiger partial charge in [0, 0.05) is 30.2 Å². The van der Waals surface area contributed by atoms with Crippen LogP contribution in [0.25, 0.3) is 11.1 Å². The molecule has 0 aliphatic carbocycles. The summed E-state index contributed by atoms with van der Waals surface area (Å²) in [6.07, 6.45) is -1.74. The van der Waals surface area contributed by atoms with Gasteiger partial charge in [-0.05, 0) is 42.3 Å². The first-order chi connectivity index (χ1) is 12.3. The highest BCUT2D eigenvalue weighted by molar-refractivity contribution is 5.85. The van der Waals surface area contributed by atoms with Crippen molar-refractivity contribution in [3.8, 4) is 11.1 Å². The van der Waals surface area contributed by atoms with E-state index in [9.17, 15) is 13.2 Å². The van der Waals surface area contributed by atoms with E-state index in [1.54, 1.807) is 18.3 Å². The van der Waals surface area contributed by atoms with Crippen molar-refractivity contribution in [2.75, 3.05) is 5.32 Å². The first-order valence-corrected chi connectivity index (χ1v) is 7.79. The van der Waals surface area contributed by atoms with Crippen LogP contribution in [0, 0.1) is 6.92 Å². The summed E-state index contributed by atoms with van der Waals surface area (Å²) in [4.78, 5) is 11.6. The lowest BCUT2D eigenvalue weighted by Crippen LogP contribution is -2.10. The summed E-state index contributed by atoms with van der Waals surface area (Å²) in [5, 5.41) is 2.83. The van der Waals surface area contributed by atoms with Gasteiger partial charge in [0.2, 0.25) is 5.95 Å². The number of halogens is 4. The molecule has 27 heavy (non-hydrogen) atoms. The van der Waals surface area contributed by atoms with Crippen LogP contribution in [0.2, 0.25) is 0 Å². The van der Waals surface area contributed by atoms with Gasteiger partial charge in [0.25, 0.3) is 0 Å². The number of benzene rings is 1. The average molecular weight is 396 g/mol. The molecule has 0 bridgehead atoms. The molecule has 0 saturated carbocycles. The maximum atomic E-state index is 12.8. The maximum absolute atomic E-state index is 12.8. The topological polar surface area (TPSA) is 76.7 Å². The van der Waals surface area contributed by atoms with Crippen molar-refractivity contribution in [2.24, 2.45) is 5.73 Å². The third-order valence-corrected chi connectivity index (χ3v) is 3.65. The molecule has 0 aliphatic heterocycles. The van der Waals surface area contributed by atoms with Crippen LogP contribution in [-0.2, 0) is 12.7 Å². The van der Waals surface area contributed by atoms with E-state index in [2.05, 4.69) is 20.3 Å². The molecule has 5 nitrogen and oxygen atoms in total. The number of rotatable bonds is 4. The van der Waals surface area contributed by atoms with Gasteiger partial charge in [-0.15, -0.1) is 12.4 Å². The zero-order chi connectivity index (χ0) is 18.7. The molecule has 3 N–H and O–H groups in total. The highest BCUT2D eigenvalue weighted by Gasteiger charge is 2.32. The summed E-state index contributed by atoms with van der Waals surface area (Å²) in [6.45, 7) is 2.25. The van der Waals surface area contributed by atoms with Crippen molar-refractivity contribution in [3.05, 3.63) is 65.7 Å². The molecule has 0 aliphatic rings. The summed E-state index contributed by atoms with van der Waals surface area (Å²) in [7, 11) is 0. The van der Waals surface area contributed by atoms with E-state index in [-0.39, 0.29) is 18.4 Å². The van der Waals surface area contributed by atoms with Gasteiger partial charge in [0.1, 0.15) is 5.69 Å². The molecule has 0 unspecified atom stereocenters. The van der Waals surface area contributed by atoms with Crippen molar-refractivity contribution < 1.29 is 13.2 Å². The molecule has 0 spiro atoms. The Kier molecular flexibility index (Phi) is 6.35. The quantitative estimate of drug-likeness (QED) is 0.680. The largest absolute Gasteiger partial charge is 0.433 e. The van der Waals surface area contributed by atoms with Crippen LogP contribution in [0.5, 0.6) is 0 Å². The number of anilines is 2. The zero-order valence-electron chi connectivity index (χ0n) is 14.3. The van der Waals surface area contributed by atoms with E-state index in [4.69, 9.17) is 5.73 Å². The highest BCUT2D eigenvalue weighted by Crippen LogP contribution is 2.29. The lowest BCUT2D eigenvalue weighted by atomic mass is 10.0. The predicted octanol–water partition coefficient (Wildman–Crippen LogP) is 4.49. The van der Waals surface area contributed by atoms with Gasteiger partial charge in [-0.3, -0.25) is 4.98 Å². The molecular weight excluding hydrogens is 379 g/mol. The number of pyridine rings is 1. The second-order valence-corrected chi connectivity index (χ2v) is 5.72. The summed E-state index contributed by atoms with van der Waals surface area (Å²) >= 11 is 0. The molecular formula is C18H17ClF3N5. The van der Waals surface area contributed by atoms with E-state index in [0.29, 0.717) is 12.2 Å². The van der Waals surface area contributed by atoms with Crippen molar-refractivity contribution in [3.63, 3.8) is 0 Å². The van der Waals surface area contributed by atoms with Gasteiger partial charge in [-0.25, -0.2) is 9.97 Å². The standard InChI is InChI=1S/C18H16F3N5.ClH/c1-11-6-13(12-2-3-14(9-22)24-10-12)8-15(7-11)25-17-23-5-4-16(26-17)18(19,20)21;/h2-8,10H,9,22H2,1H3,(H,23,25,26);1H. The molecule has 0 fully saturated rings. The third-order valence-electron chi connectivity index (χ3n) is 3.65. The van der Waals surface area contributed by atoms with Crippen LogP contribution < -0.4 is 11.1 Å². The Bertz CT molecular complexity index is 914. The van der Waals surface area contributed by atoms with Crippen molar-refractivity contribution in [2.45, 2.75) is 19.6 Å². The fourth-order valence-corrected chi connectivity index (χ4v) is 2.44. The SMILES string of the molecule is Cc1cc(Nc2nccc(C(F)(F)F)n2)cc(-c2ccc(CN)nc2)c1.Cl. The number of aromatic nitrogens is 3. The Labute approximate surface area is 160 Å². The third kappa shape index (κ3) is 5.15. The first kappa shape index (κ1) is 20.6. The molecule has 2 aromatic heterocycles. The van der Waals surface area contributed by atoms with Crippen LogP contribution >= 0.6 is 12.4 Å². The van der Waals surface area contributed by atoms with Crippen LogP contribution in [-0.4, -0.2) is 15.0 Å². The van der Waals surface area contributed by atoms with E-state index in [0.717, 1.165) is 34.6 Å². The van der Waals surface area contributed by atoms with Crippen molar-refractivity contribution >= 4 is 24.0 Å². The lowest BCUT2D eigenvalue weighted by Gasteiger charge is -2.11. The van der Waals surface area contributed by atoms with Gasteiger partial charge in [-0.1, -0.05) is 12.1 Å². The number of nitrogens with two attached hydrogens (primary N) is 1. The molecule has 0 radical (unpaired) electrons. The smallest absolute Gasteiger partial charge is 0.325 e.